The molecule has 1 atom stereocenters. The van der Waals surface area contributed by atoms with Crippen LogP contribution < -0.4 is 5.73 Å². The first kappa shape index (κ1) is 12.8. The zero-order valence-corrected chi connectivity index (χ0v) is 10.00. The highest BCUT2D eigenvalue weighted by Crippen LogP contribution is 2.32. The third-order valence-corrected chi connectivity index (χ3v) is 2.76. The topological polar surface area (TPSA) is 46.2 Å². The van der Waals surface area contributed by atoms with Crippen LogP contribution in [0.4, 0.5) is 0 Å². The van der Waals surface area contributed by atoms with Gasteiger partial charge in [0, 0.05) is 11.6 Å². The van der Waals surface area contributed by atoms with Gasteiger partial charge >= 0.3 is 0 Å². The van der Waals surface area contributed by atoms with E-state index in [4.69, 9.17) is 5.73 Å². The molecule has 3 heteroatoms. The number of rotatable bonds is 2. The van der Waals surface area contributed by atoms with Crippen molar-refractivity contribution < 1.29 is 5.11 Å². The van der Waals surface area contributed by atoms with Crippen molar-refractivity contribution in [3.63, 3.8) is 0 Å². The van der Waals surface area contributed by atoms with Gasteiger partial charge in [0.15, 0.2) is 0 Å². The Morgan fingerprint density at radius 3 is 2.56 bits per heavy atom. The summed E-state index contributed by atoms with van der Waals surface area (Å²) >= 11 is 0. The average Bonchev–Trinajstić information content (AvgIpc) is 2.28. The van der Waals surface area contributed by atoms with Gasteiger partial charge in [-0.1, -0.05) is 37.3 Å². The summed E-state index contributed by atoms with van der Waals surface area (Å²) in [4.78, 5) is 0. The van der Waals surface area contributed by atoms with Crippen LogP contribution in [0.15, 0.2) is 36.4 Å². The van der Waals surface area contributed by atoms with Crippen molar-refractivity contribution in [1.29, 1.82) is 0 Å². The molecule has 0 aliphatic rings. The van der Waals surface area contributed by atoms with Crippen LogP contribution in [0.1, 0.15) is 24.9 Å². The summed E-state index contributed by atoms with van der Waals surface area (Å²) in [7, 11) is 0. The number of benzene rings is 2. The first-order valence-corrected chi connectivity index (χ1v) is 5.20. The molecule has 0 fully saturated rings. The Labute approximate surface area is 101 Å². The molecule has 86 valence electrons. The summed E-state index contributed by atoms with van der Waals surface area (Å²) in [6.45, 7) is 2.02. The first-order chi connectivity index (χ1) is 7.24. The molecule has 0 radical (unpaired) electrons. The smallest absolute Gasteiger partial charge is 0.120 e. The number of fused-ring (bicyclic) bond motifs is 1. The number of aromatic hydroxyl groups is 1. The molecule has 2 rings (SSSR count). The van der Waals surface area contributed by atoms with Gasteiger partial charge in [0.05, 0.1) is 0 Å². The van der Waals surface area contributed by atoms with E-state index < -0.39 is 0 Å². The minimum absolute atomic E-state index is 0. The van der Waals surface area contributed by atoms with Crippen molar-refractivity contribution in [3.8, 4) is 5.75 Å². The predicted octanol–water partition coefficient (Wildman–Crippen LogP) is 3.38. The summed E-state index contributed by atoms with van der Waals surface area (Å²) in [5.74, 6) is 0.294. The normalized spacial score (nSPS) is 12.1. The van der Waals surface area contributed by atoms with Crippen molar-refractivity contribution in [3.05, 3.63) is 42.0 Å². The number of phenolic OH excluding ortho intramolecular Hbond substituents is 1. The molecule has 0 unspecified atom stereocenters. The molecule has 0 spiro atoms. The monoisotopic (exact) mass is 237 g/mol. The van der Waals surface area contributed by atoms with E-state index in [9.17, 15) is 5.11 Å². The maximum atomic E-state index is 9.83. The molecule has 0 aliphatic heterocycles. The van der Waals surface area contributed by atoms with Gasteiger partial charge in [-0.15, -0.1) is 12.4 Å². The van der Waals surface area contributed by atoms with E-state index in [1.807, 2.05) is 37.3 Å². The standard InChI is InChI=1S/C13H15NO.ClH/c1-2-11(14)13-10-6-4-3-5-9(10)7-8-12(13)15;/h3-8,11,15H,2,14H2,1H3;1H/t11-;/m0./s1. The van der Waals surface area contributed by atoms with Crippen LogP contribution in [0.2, 0.25) is 0 Å². The fourth-order valence-electron chi connectivity index (χ4n) is 1.88. The number of hydrogen-bond donors (Lipinski definition) is 2. The summed E-state index contributed by atoms with van der Waals surface area (Å²) in [6, 6.07) is 11.5. The first-order valence-electron chi connectivity index (χ1n) is 5.20. The van der Waals surface area contributed by atoms with Crippen LogP contribution in [0.25, 0.3) is 10.8 Å². The lowest BCUT2D eigenvalue weighted by molar-refractivity contribution is 0.462. The summed E-state index contributed by atoms with van der Waals surface area (Å²) in [6.07, 6.45) is 0.821. The van der Waals surface area contributed by atoms with E-state index in [0.29, 0.717) is 5.75 Å². The van der Waals surface area contributed by atoms with Gasteiger partial charge in [0.25, 0.3) is 0 Å². The largest absolute Gasteiger partial charge is 0.508 e. The third-order valence-electron chi connectivity index (χ3n) is 2.76. The Hall–Kier alpha value is -1.25. The Morgan fingerprint density at radius 2 is 1.88 bits per heavy atom. The summed E-state index contributed by atoms with van der Waals surface area (Å²) in [5.41, 5.74) is 6.86. The van der Waals surface area contributed by atoms with Crippen LogP contribution >= 0.6 is 12.4 Å². The molecule has 0 aromatic heterocycles. The molecule has 2 nitrogen and oxygen atoms in total. The SMILES string of the molecule is CC[C@H](N)c1c(O)ccc2ccccc12.Cl. The predicted molar refractivity (Wildman–Crippen MR) is 70.1 cm³/mol. The zero-order chi connectivity index (χ0) is 10.8. The maximum absolute atomic E-state index is 9.83. The summed E-state index contributed by atoms with van der Waals surface area (Å²) in [5, 5.41) is 12.0. The molecule has 16 heavy (non-hydrogen) atoms. The Morgan fingerprint density at radius 1 is 1.19 bits per heavy atom. The third kappa shape index (κ3) is 2.13. The number of hydrogen-bond acceptors (Lipinski definition) is 2. The molecule has 2 aromatic rings. The lowest BCUT2D eigenvalue weighted by Gasteiger charge is -2.14. The zero-order valence-electron chi connectivity index (χ0n) is 9.18. The molecule has 0 saturated carbocycles. The van der Waals surface area contributed by atoms with Gasteiger partial charge in [-0.2, -0.15) is 0 Å². The number of halogens is 1. The van der Waals surface area contributed by atoms with Crippen LogP contribution in [-0.2, 0) is 0 Å². The molecule has 2 aromatic carbocycles. The highest BCUT2D eigenvalue weighted by Gasteiger charge is 2.12. The molecule has 3 N–H and O–H groups in total. The molecule has 0 heterocycles. The Bertz CT molecular complexity index is 484. The second kappa shape index (κ2) is 5.19. The van der Waals surface area contributed by atoms with Gasteiger partial charge in [-0.05, 0) is 23.3 Å². The molecular formula is C13H16ClNO. The highest BCUT2D eigenvalue weighted by molar-refractivity contribution is 5.88. The molecular weight excluding hydrogens is 222 g/mol. The lowest BCUT2D eigenvalue weighted by Crippen LogP contribution is -2.09. The minimum Gasteiger partial charge on any atom is -0.508 e. The van der Waals surface area contributed by atoms with Crippen molar-refractivity contribution in [2.24, 2.45) is 5.73 Å². The minimum atomic E-state index is -0.101. The van der Waals surface area contributed by atoms with Gasteiger partial charge in [-0.3, -0.25) is 0 Å². The van der Waals surface area contributed by atoms with Crippen LogP contribution in [0.5, 0.6) is 5.75 Å². The Balaban J connectivity index is 0.00000128. The molecule has 0 bridgehead atoms. The molecule has 0 aliphatic carbocycles. The lowest BCUT2D eigenvalue weighted by atomic mass is 9.97. The summed E-state index contributed by atoms with van der Waals surface area (Å²) < 4.78 is 0. The van der Waals surface area contributed by atoms with E-state index in [1.165, 1.54) is 0 Å². The van der Waals surface area contributed by atoms with Gasteiger partial charge in [0.2, 0.25) is 0 Å². The number of phenols is 1. The fraction of sp³-hybridized carbons (Fsp3) is 0.231. The van der Waals surface area contributed by atoms with Crippen molar-refractivity contribution in [2.45, 2.75) is 19.4 Å². The molecule has 0 amide bonds. The average molecular weight is 238 g/mol. The number of nitrogens with two attached hydrogens (primary N) is 1. The maximum Gasteiger partial charge on any atom is 0.120 e. The van der Waals surface area contributed by atoms with E-state index in [-0.39, 0.29) is 18.4 Å². The van der Waals surface area contributed by atoms with Crippen LogP contribution in [0, 0.1) is 0 Å². The quantitative estimate of drug-likeness (QED) is 0.841. The van der Waals surface area contributed by atoms with E-state index in [0.717, 1.165) is 22.8 Å². The second-order valence-electron chi connectivity index (χ2n) is 3.73. The van der Waals surface area contributed by atoms with Crippen molar-refractivity contribution in [2.75, 3.05) is 0 Å². The highest BCUT2D eigenvalue weighted by atomic mass is 35.5. The van der Waals surface area contributed by atoms with E-state index in [1.54, 1.807) is 6.07 Å². The van der Waals surface area contributed by atoms with E-state index >= 15 is 0 Å². The van der Waals surface area contributed by atoms with Crippen LogP contribution in [0.3, 0.4) is 0 Å². The Kier molecular flexibility index (Phi) is 4.16. The van der Waals surface area contributed by atoms with Crippen LogP contribution in [-0.4, -0.2) is 5.11 Å². The molecule has 0 saturated heterocycles. The van der Waals surface area contributed by atoms with E-state index in [2.05, 4.69) is 0 Å². The second-order valence-corrected chi connectivity index (χ2v) is 3.73. The van der Waals surface area contributed by atoms with Gasteiger partial charge < -0.3 is 10.8 Å². The fourth-order valence-corrected chi connectivity index (χ4v) is 1.88. The van der Waals surface area contributed by atoms with Gasteiger partial charge in [-0.25, -0.2) is 0 Å². The van der Waals surface area contributed by atoms with Crippen molar-refractivity contribution in [1.82, 2.24) is 0 Å². The van der Waals surface area contributed by atoms with Gasteiger partial charge in [0.1, 0.15) is 5.75 Å². The van der Waals surface area contributed by atoms with Crippen molar-refractivity contribution >= 4 is 23.2 Å².